The molecule has 3 aliphatic carbocycles. The number of carbonyl (C=O) groups excluding carboxylic acids is 1. The monoisotopic (exact) mass is 324 g/mol. The molecule has 0 aliphatic heterocycles. The van der Waals surface area contributed by atoms with Crippen LogP contribution in [0.5, 0.6) is 5.75 Å². The van der Waals surface area contributed by atoms with Gasteiger partial charge in [0.15, 0.2) is 0 Å². The normalized spacial score (nSPS) is 34.2. The Morgan fingerprint density at radius 2 is 2.17 bits per heavy atom. The zero-order valence-electron chi connectivity index (χ0n) is 14.7. The molecule has 0 N–H and O–H groups in total. The molecule has 0 heterocycles. The number of aryl methyl sites for hydroxylation is 1. The summed E-state index contributed by atoms with van der Waals surface area (Å²) in [7, 11) is 0. The summed E-state index contributed by atoms with van der Waals surface area (Å²) in [6.45, 7) is 6.69. The number of ether oxygens (including phenoxy) is 1. The van der Waals surface area contributed by atoms with Crippen molar-refractivity contribution >= 4 is 5.78 Å². The maximum Gasteiger partial charge on any atom is 0.139 e. The Hall–Kier alpha value is -1.57. The molecule has 0 aromatic heterocycles. The third kappa shape index (κ3) is 2.42. The van der Waals surface area contributed by atoms with E-state index < -0.39 is 0 Å². The van der Waals surface area contributed by atoms with Gasteiger partial charge < -0.3 is 4.74 Å². The topological polar surface area (TPSA) is 26.3 Å². The molecule has 0 saturated heterocycles. The molecule has 4 rings (SSSR count). The molecule has 1 aromatic rings. The Morgan fingerprint density at radius 1 is 1.29 bits per heavy atom. The van der Waals surface area contributed by atoms with E-state index in [1.807, 2.05) is 6.08 Å². The van der Waals surface area contributed by atoms with Crippen molar-refractivity contribution in [2.24, 2.45) is 17.3 Å². The first-order valence-electron chi connectivity index (χ1n) is 9.53. The molecule has 0 amide bonds. The van der Waals surface area contributed by atoms with E-state index in [9.17, 15) is 4.79 Å². The van der Waals surface area contributed by atoms with Gasteiger partial charge >= 0.3 is 0 Å². The molecule has 0 spiro atoms. The van der Waals surface area contributed by atoms with Crippen LogP contribution in [0.3, 0.4) is 0 Å². The van der Waals surface area contributed by atoms with E-state index in [1.165, 1.54) is 24.0 Å². The fraction of sp³-hybridized carbons (Fsp3) is 0.591. The highest BCUT2D eigenvalue weighted by molar-refractivity contribution is 5.87. The van der Waals surface area contributed by atoms with Crippen LogP contribution in [0, 0.1) is 17.3 Å². The van der Waals surface area contributed by atoms with Crippen molar-refractivity contribution in [2.75, 3.05) is 6.61 Å². The highest BCUT2D eigenvalue weighted by Crippen LogP contribution is 2.59. The van der Waals surface area contributed by atoms with Crippen molar-refractivity contribution in [3.8, 4) is 5.75 Å². The molecule has 128 valence electrons. The summed E-state index contributed by atoms with van der Waals surface area (Å²) in [5.74, 6) is 3.49. The van der Waals surface area contributed by atoms with E-state index in [4.69, 9.17) is 4.74 Å². The first-order valence-corrected chi connectivity index (χ1v) is 9.53. The highest BCUT2D eigenvalue weighted by atomic mass is 16.5. The van der Waals surface area contributed by atoms with Gasteiger partial charge in [-0.3, -0.25) is 4.79 Å². The Morgan fingerprint density at radius 3 is 3.00 bits per heavy atom. The lowest BCUT2D eigenvalue weighted by Gasteiger charge is -2.48. The predicted molar refractivity (Wildman–Crippen MR) is 96.4 cm³/mol. The lowest BCUT2D eigenvalue weighted by Crippen LogP contribution is -2.42. The molecular formula is C22H28O2. The summed E-state index contributed by atoms with van der Waals surface area (Å²) in [6.07, 6.45) is 9.34. The molecule has 4 atom stereocenters. The zero-order valence-corrected chi connectivity index (χ0v) is 14.7. The van der Waals surface area contributed by atoms with Crippen LogP contribution in [0.15, 0.2) is 30.9 Å². The van der Waals surface area contributed by atoms with Crippen LogP contribution in [0.1, 0.15) is 62.5 Å². The quantitative estimate of drug-likeness (QED) is 0.571. The molecule has 2 saturated carbocycles. The molecule has 0 radical (unpaired) electrons. The standard InChI is InChI=1S/C22H28O2/c1-3-4-13-24-16-6-8-17-15(14-16)5-7-19-18(17)11-12-22(2)20(19)9-10-21(22)23/h3,6,8,14,18-20H,1,4-5,7,9-13H2,2H3/t18-,19-,20+,22+/m1/s1. The van der Waals surface area contributed by atoms with Gasteiger partial charge in [0, 0.05) is 11.8 Å². The second-order valence-corrected chi connectivity index (χ2v) is 8.12. The number of Topliss-reactive ketones (excluding diaryl/α,β-unsaturated/α-hetero) is 1. The van der Waals surface area contributed by atoms with Crippen LogP contribution in [-0.2, 0) is 11.2 Å². The molecule has 2 nitrogen and oxygen atoms in total. The summed E-state index contributed by atoms with van der Waals surface area (Å²) >= 11 is 0. The lowest BCUT2D eigenvalue weighted by atomic mass is 9.55. The fourth-order valence-electron chi connectivity index (χ4n) is 5.68. The van der Waals surface area contributed by atoms with Crippen LogP contribution in [-0.4, -0.2) is 12.4 Å². The smallest absolute Gasteiger partial charge is 0.139 e. The molecule has 2 heteroatoms. The van der Waals surface area contributed by atoms with Crippen LogP contribution < -0.4 is 4.74 Å². The second-order valence-electron chi connectivity index (χ2n) is 8.12. The fourth-order valence-corrected chi connectivity index (χ4v) is 5.68. The minimum atomic E-state index is -0.0214. The third-order valence-electron chi connectivity index (χ3n) is 7.00. The highest BCUT2D eigenvalue weighted by Gasteiger charge is 2.54. The number of ketones is 1. The SMILES string of the molecule is C=CCCOc1ccc2c(c1)CC[C@@H]1[C@@H]2CC[C@]2(C)C(=O)CC[C@@H]12. The van der Waals surface area contributed by atoms with Crippen molar-refractivity contribution in [3.63, 3.8) is 0 Å². The van der Waals surface area contributed by atoms with E-state index in [0.717, 1.165) is 37.9 Å². The Labute approximate surface area is 145 Å². The van der Waals surface area contributed by atoms with E-state index in [0.29, 0.717) is 30.1 Å². The summed E-state index contributed by atoms with van der Waals surface area (Å²) < 4.78 is 5.83. The third-order valence-corrected chi connectivity index (χ3v) is 7.00. The molecule has 24 heavy (non-hydrogen) atoms. The van der Waals surface area contributed by atoms with E-state index in [-0.39, 0.29) is 5.41 Å². The van der Waals surface area contributed by atoms with E-state index >= 15 is 0 Å². The minimum absolute atomic E-state index is 0.0214. The molecule has 0 bridgehead atoms. The van der Waals surface area contributed by atoms with Crippen molar-refractivity contribution in [1.29, 1.82) is 0 Å². The largest absolute Gasteiger partial charge is 0.493 e. The molecular weight excluding hydrogens is 296 g/mol. The molecule has 1 aromatic carbocycles. The number of fused-ring (bicyclic) bond motifs is 5. The van der Waals surface area contributed by atoms with Gasteiger partial charge in [0.2, 0.25) is 0 Å². The van der Waals surface area contributed by atoms with Crippen LogP contribution in [0.2, 0.25) is 0 Å². The number of hydrogen-bond acceptors (Lipinski definition) is 2. The Kier molecular flexibility index (Phi) is 4.02. The van der Waals surface area contributed by atoms with Crippen LogP contribution in [0.4, 0.5) is 0 Å². The number of carbonyl (C=O) groups is 1. The first-order chi connectivity index (χ1) is 11.6. The molecule has 2 fully saturated rings. The molecule has 0 unspecified atom stereocenters. The maximum atomic E-state index is 12.4. The van der Waals surface area contributed by atoms with Gasteiger partial charge in [-0.15, -0.1) is 6.58 Å². The lowest BCUT2D eigenvalue weighted by molar-refractivity contribution is -0.129. The van der Waals surface area contributed by atoms with Gasteiger partial charge in [0.1, 0.15) is 11.5 Å². The summed E-state index contributed by atoms with van der Waals surface area (Å²) in [5.41, 5.74) is 2.98. The van der Waals surface area contributed by atoms with Gasteiger partial charge in [-0.05, 0) is 79.5 Å². The first kappa shape index (κ1) is 15.9. The number of benzene rings is 1. The summed E-state index contributed by atoms with van der Waals surface area (Å²) in [5, 5.41) is 0. The van der Waals surface area contributed by atoms with Gasteiger partial charge in [-0.2, -0.15) is 0 Å². The Balaban J connectivity index is 1.57. The van der Waals surface area contributed by atoms with E-state index in [1.54, 1.807) is 0 Å². The average molecular weight is 324 g/mol. The van der Waals surface area contributed by atoms with Gasteiger partial charge in [0.05, 0.1) is 6.61 Å². The van der Waals surface area contributed by atoms with Crippen molar-refractivity contribution in [1.82, 2.24) is 0 Å². The van der Waals surface area contributed by atoms with Crippen molar-refractivity contribution in [3.05, 3.63) is 42.0 Å². The molecule has 3 aliphatic rings. The van der Waals surface area contributed by atoms with Gasteiger partial charge in [-0.25, -0.2) is 0 Å². The van der Waals surface area contributed by atoms with E-state index in [2.05, 4.69) is 31.7 Å². The second kappa shape index (κ2) is 6.06. The Bertz CT molecular complexity index is 662. The van der Waals surface area contributed by atoms with Crippen LogP contribution in [0.25, 0.3) is 0 Å². The predicted octanol–water partition coefficient (Wildman–Crippen LogP) is 5.07. The number of rotatable bonds is 4. The van der Waals surface area contributed by atoms with Gasteiger partial charge in [0.25, 0.3) is 0 Å². The summed E-state index contributed by atoms with van der Waals surface area (Å²) in [4.78, 5) is 12.4. The maximum absolute atomic E-state index is 12.4. The van der Waals surface area contributed by atoms with Crippen molar-refractivity contribution in [2.45, 2.75) is 57.8 Å². The zero-order chi connectivity index (χ0) is 16.7. The number of hydrogen-bond donors (Lipinski definition) is 0. The van der Waals surface area contributed by atoms with Gasteiger partial charge in [-0.1, -0.05) is 19.1 Å². The minimum Gasteiger partial charge on any atom is -0.493 e. The van der Waals surface area contributed by atoms with Crippen molar-refractivity contribution < 1.29 is 9.53 Å². The summed E-state index contributed by atoms with van der Waals surface area (Å²) in [6, 6.07) is 6.69. The average Bonchev–Trinajstić information content (AvgIpc) is 2.90. The van der Waals surface area contributed by atoms with Crippen LogP contribution >= 0.6 is 0 Å².